The summed E-state index contributed by atoms with van der Waals surface area (Å²) in [6.07, 6.45) is 2.14. The summed E-state index contributed by atoms with van der Waals surface area (Å²) in [7, 11) is 0. The van der Waals surface area contributed by atoms with Gasteiger partial charge in [0.25, 0.3) is 5.56 Å². The zero-order valence-electron chi connectivity index (χ0n) is 15.4. The van der Waals surface area contributed by atoms with Crippen LogP contribution in [0.2, 0.25) is 0 Å². The van der Waals surface area contributed by atoms with Crippen molar-refractivity contribution >= 4 is 16.8 Å². The summed E-state index contributed by atoms with van der Waals surface area (Å²) in [6, 6.07) is 15.4. The summed E-state index contributed by atoms with van der Waals surface area (Å²) in [4.78, 5) is 28.9. The Morgan fingerprint density at radius 2 is 1.96 bits per heavy atom. The van der Waals surface area contributed by atoms with Crippen LogP contribution >= 0.6 is 0 Å². The smallest absolute Gasteiger partial charge is 0.261 e. The maximum absolute atomic E-state index is 12.5. The van der Waals surface area contributed by atoms with E-state index in [4.69, 9.17) is 4.74 Å². The number of ether oxygens (including phenoxy) is 1. The molecular weight excluding hydrogens is 342 g/mol. The first-order valence-electron chi connectivity index (χ1n) is 8.98. The van der Waals surface area contributed by atoms with Crippen LogP contribution in [-0.4, -0.2) is 28.6 Å². The topological polar surface area (TPSA) is 73.2 Å². The van der Waals surface area contributed by atoms with Crippen molar-refractivity contribution in [2.24, 2.45) is 0 Å². The Labute approximate surface area is 157 Å². The minimum absolute atomic E-state index is 0.0411. The van der Waals surface area contributed by atoms with Gasteiger partial charge in [0.2, 0.25) is 5.91 Å². The number of para-hydroxylation sites is 1. The van der Waals surface area contributed by atoms with Crippen molar-refractivity contribution in [3.63, 3.8) is 0 Å². The highest BCUT2D eigenvalue weighted by molar-refractivity contribution is 5.81. The van der Waals surface area contributed by atoms with Gasteiger partial charge in [0.15, 0.2) is 0 Å². The van der Waals surface area contributed by atoms with E-state index >= 15 is 0 Å². The maximum Gasteiger partial charge on any atom is 0.261 e. The number of nitrogens with one attached hydrogen (secondary N) is 1. The van der Waals surface area contributed by atoms with Crippen molar-refractivity contribution in [2.75, 3.05) is 13.2 Å². The Kier molecular flexibility index (Phi) is 6.33. The second-order valence-corrected chi connectivity index (χ2v) is 6.39. The first-order chi connectivity index (χ1) is 13.1. The van der Waals surface area contributed by atoms with Crippen molar-refractivity contribution in [1.29, 1.82) is 0 Å². The van der Waals surface area contributed by atoms with Crippen LogP contribution in [0.3, 0.4) is 0 Å². The minimum Gasteiger partial charge on any atom is -0.377 e. The minimum atomic E-state index is -0.214. The number of nitrogens with zero attached hydrogens (tertiary/aromatic N) is 2. The van der Waals surface area contributed by atoms with Gasteiger partial charge in [-0.3, -0.25) is 14.2 Å². The molecule has 3 rings (SSSR count). The number of carbonyl (C=O) groups excluding carboxylic acids is 1. The molecule has 6 nitrogen and oxygen atoms in total. The van der Waals surface area contributed by atoms with Gasteiger partial charge in [0.1, 0.15) is 6.54 Å². The van der Waals surface area contributed by atoms with Crippen molar-refractivity contribution in [1.82, 2.24) is 14.9 Å². The molecule has 0 spiro atoms. The lowest BCUT2D eigenvalue weighted by molar-refractivity contribution is -0.121. The molecule has 27 heavy (non-hydrogen) atoms. The van der Waals surface area contributed by atoms with Crippen molar-refractivity contribution in [3.8, 4) is 0 Å². The van der Waals surface area contributed by atoms with Crippen molar-refractivity contribution in [3.05, 3.63) is 76.3 Å². The first-order valence-corrected chi connectivity index (χ1v) is 8.98. The Bertz CT molecular complexity index is 967. The lowest BCUT2D eigenvalue weighted by Gasteiger charge is -2.09. The molecule has 1 N–H and O–H groups in total. The summed E-state index contributed by atoms with van der Waals surface area (Å²) >= 11 is 0. The van der Waals surface area contributed by atoms with Crippen LogP contribution in [0, 0.1) is 6.92 Å². The highest BCUT2D eigenvalue weighted by atomic mass is 16.5. The van der Waals surface area contributed by atoms with Gasteiger partial charge >= 0.3 is 0 Å². The van der Waals surface area contributed by atoms with Gasteiger partial charge in [-0.1, -0.05) is 42.5 Å². The van der Waals surface area contributed by atoms with Gasteiger partial charge in [0.05, 0.1) is 23.8 Å². The van der Waals surface area contributed by atoms with E-state index in [0.717, 1.165) is 11.1 Å². The van der Waals surface area contributed by atoms with Crippen molar-refractivity contribution in [2.45, 2.75) is 26.5 Å². The molecule has 0 saturated carbocycles. The lowest BCUT2D eigenvalue weighted by Crippen LogP contribution is -2.33. The molecule has 0 fully saturated rings. The third-order valence-electron chi connectivity index (χ3n) is 4.27. The standard InChI is InChI=1S/C21H23N3O3/c1-16-7-5-10-18-20(16)23-15-24(21(18)26)13-19(25)22-11-6-12-27-14-17-8-3-2-4-9-17/h2-5,7-10,15H,6,11-14H2,1H3,(H,22,25). The molecule has 2 aromatic carbocycles. The average molecular weight is 365 g/mol. The number of amides is 1. The number of hydrogen-bond donors (Lipinski definition) is 1. The fourth-order valence-electron chi connectivity index (χ4n) is 2.83. The SMILES string of the molecule is Cc1cccc2c(=O)n(CC(=O)NCCCOCc3ccccc3)cnc12. The van der Waals surface area contributed by atoms with E-state index < -0.39 is 0 Å². The molecule has 1 aromatic heterocycles. The Morgan fingerprint density at radius 1 is 1.15 bits per heavy atom. The monoisotopic (exact) mass is 365 g/mol. The largest absolute Gasteiger partial charge is 0.377 e. The molecule has 1 heterocycles. The molecule has 3 aromatic rings. The molecule has 0 radical (unpaired) electrons. The second kappa shape index (κ2) is 9.09. The Balaban J connectivity index is 1.44. The number of aryl methyl sites for hydroxylation is 1. The molecule has 0 aliphatic rings. The molecule has 0 saturated heterocycles. The molecule has 0 aliphatic carbocycles. The quantitative estimate of drug-likeness (QED) is 0.622. The van der Waals surface area contributed by atoms with Crippen molar-refractivity contribution < 1.29 is 9.53 Å². The van der Waals surface area contributed by atoms with Gasteiger partial charge in [-0.25, -0.2) is 4.98 Å². The third kappa shape index (κ3) is 5.01. The molecule has 6 heteroatoms. The maximum atomic E-state index is 12.5. The summed E-state index contributed by atoms with van der Waals surface area (Å²) in [6.45, 7) is 3.49. The summed E-state index contributed by atoms with van der Waals surface area (Å²) in [5.74, 6) is -0.214. The van der Waals surface area contributed by atoms with E-state index in [1.165, 1.54) is 10.9 Å². The molecule has 140 valence electrons. The fraction of sp³-hybridized carbons (Fsp3) is 0.286. The number of carbonyl (C=O) groups is 1. The van der Waals surface area contributed by atoms with Crippen LogP contribution < -0.4 is 10.9 Å². The first kappa shape index (κ1) is 18.8. The van der Waals surface area contributed by atoms with Gasteiger partial charge < -0.3 is 10.1 Å². The normalized spacial score (nSPS) is 10.9. The van der Waals surface area contributed by atoms with Crippen LogP contribution in [0.25, 0.3) is 10.9 Å². The predicted molar refractivity (Wildman–Crippen MR) is 104 cm³/mol. The zero-order valence-corrected chi connectivity index (χ0v) is 15.4. The summed E-state index contributed by atoms with van der Waals surface area (Å²) < 4.78 is 6.92. The van der Waals surface area contributed by atoms with Gasteiger partial charge in [-0.05, 0) is 30.5 Å². The average Bonchev–Trinajstić information content (AvgIpc) is 2.68. The molecular formula is C21H23N3O3. The highest BCUT2D eigenvalue weighted by Gasteiger charge is 2.08. The third-order valence-corrected chi connectivity index (χ3v) is 4.27. The van der Waals surface area contributed by atoms with Crippen LogP contribution in [0.5, 0.6) is 0 Å². The van der Waals surface area contributed by atoms with E-state index in [0.29, 0.717) is 37.1 Å². The molecule has 0 aliphatic heterocycles. The molecule has 0 unspecified atom stereocenters. The summed E-state index contributed by atoms with van der Waals surface area (Å²) in [5.41, 5.74) is 2.54. The number of aromatic nitrogens is 2. The lowest BCUT2D eigenvalue weighted by atomic mass is 10.1. The summed E-state index contributed by atoms with van der Waals surface area (Å²) in [5, 5.41) is 3.34. The zero-order chi connectivity index (χ0) is 19.1. The van der Waals surface area contributed by atoms with E-state index in [2.05, 4.69) is 10.3 Å². The highest BCUT2D eigenvalue weighted by Crippen LogP contribution is 2.11. The van der Waals surface area contributed by atoms with Gasteiger partial charge in [-0.2, -0.15) is 0 Å². The molecule has 0 bridgehead atoms. The number of fused-ring (bicyclic) bond motifs is 1. The van der Waals surface area contributed by atoms with Crippen LogP contribution in [0.1, 0.15) is 17.5 Å². The van der Waals surface area contributed by atoms with E-state index in [-0.39, 0.29) is 18.0 Å². The predicted octanol–water partition coefficient (Wildman–Crippen LogP) is 2.43. The van der Waals surface area contributed by atoms with E-state index in [9.17, 15) is 9.59 Å². The fourth-order valence-corrected chi connectivity index (χ4v) is 2.83. The van der Waals surface area contributed by atoms with E-state index in [1.54, 1.807) is 6.07 Å². The van der Waals surface area contributed by atoms with Gasteiger partial charge in [0, 0.05) is 13.2 Å². The Morgan fingerprint density at radius 3 is 2.78 bits per heavy atom. The second-order valence-electron chi connectivity index (χ2n) is 6.39. The number of rotatable bonds is 8. The molecule has 1 amide bonds. The van der Waals surface area contributed by atoms with Gasteiger partial charge in [-0.15, -0.1) is 0 Å². The molecule has 0 atom stereocenters. The number of hydrogen-bond acceptors (Lipinski definition) is 4. The Hall–Kier alpha value is -2.99. The van der Waals surface area contributed by atoms with E-state index in [1.807, 2.05) is 49.4 Å². The van der Waals surface area contributed by atoms with Crippen LogP contribution in [0.15, 0.2) is 59.7 Å². The van der Waals surface area contributed by atoms with Crippen LogP contribution in [-0.2, 0) is 22.7 Å². The van der Waals surface area contributed by atoms with Crippen LogP contribution in [0.4, 0.5) is 0 Å². The number of benzene rings is 2.